The summed E-state index contributed by atoms with van der Waals surface area (Å²) in [7, 11) is 0. The molecule has 1 saturated carbocycles. The topological polar surface area (TPSA) is 52.0 Å². The van der Waals surface area contributed by atoms with E-state index >= 15 is 0 Å². The maximum absolute atomic E-state index is 13.4. The van der Waals surface area contributed by atoms with E-state index in [-0.39, 0.29) is 18.5 Å². The molecule has 0 aromatic heterocycles. The smallest absolute Gasteiger partial charge is 0.399 e. The Balaban J connectivity index is 2.20. The maximum atomic E-state index is 13.4. The van der Waals surface area contributed by atoms with Crippen molar-refractivity contribution in [2.75, 3.05) is 0 Å². The lowest BCUT2D eigenvalue weighted by molar-refractivity contribution is -0.169. The van der Waals surface area contributed by atoms with Gasteiger partial charge >= 0.3 is 6.18 Å². The second-order valence-corrected chi connectivity index (χ2v) is 6.78. The summed E-state index contributed by atoms with van der Waals surface area (Å²) in [5, 5.41) is 0.887. The molecule has 5 heteroatoms. The summed E-state index contributed by atoms with van der Waals surface area (Å²) in [5.41, 5.74) is 13.8. The zero-order valence-corrected chi connectivity index (χ0v) is 14.2. The molecule has 3 rings (SSSR count). The SMILES string of the molecule is Cc1ccc(C)c(-c2ccc(=C(N)C3(C(F)(F)F)CC3)/c(=C\N)c2)c1. The summed E-state index contributed by atoms with van der Waals surface area (Å²) in [6.45, 7) is 4.00. The molecule has 0 aliphatic heterocycles. The molecule has 2 nitrogen and oxygen atoms in total. The summed E-state index contributed by atoms with van der Waals surface area (Å²) in [5.74, 6) is 0. The molecule has 0 amide bonds. The van der Waals surface area contributed by atoms with Gasteiger partial charge in [0.1, 0.15) is 5.41 Å². The molecule has 1 aliphatic rings. The first-order chi connectivity index (χ1) is 11.7. The van der Waals surface area contributed by atoms with E-state index in [1.54, 1.807) is 12.1 Å². The lowest BCUT2D eigenvalue weighted by Crippen LogP contribution is -2.39. The summed E-state index contributed by atoms with van der Waals surface area (Å²) in [6, 6.07) is 11.4. The van der Waals surface area contributed by atoms with Gasteiger partial charge in [-0.2, -0.15) is 13.2 Å². The molecule has 0 bridgehead atoms. The molecule has 0 saturated heterocycles. The van der Waals surface area contributed by atoms with Gasteiger partial charge in [-0.1, -0.05) is 35.9 Å². The van der Waals surface area contributed by atoms with E-state index in [0.29, 0.717) is 10.4 Å². The summed E-state index contributed by atoms with van der Waals surface area (Å²) in [4.78, 5) is 0. The lowest BCUT2D eigenvalue weighted by Gasteiger charge is -2.20. The van der Waals surface area contributed by atoms with Crippen molar-refractivity contribution in [3.8, 4) is 11.1 Å². The minimum absolute atomic E-state index is 0.0328. The number of halogens is 3. The van der Waals surface area contributed by atoms with Crippen LogP contribution in [-0.2, 0) is 0 Å². The molecule has 132 valence electrons. The highest BCUT2D eigenvalue weighted by atomic mass is 19.4. The van der Waals surface area contributed by atoms with Crippen LogP contribution in [0.3, 0.4) is 0 Å². The monoisotopic (exact) mass is 346 g/mol. The van der Waals surface area contributed by atoms with Crippen molar-refractivity contribution < 1.29 is 13.2 Å². The van der Waals surface area contributed by atoms with Crippen molar-refractivity contribution in [3.63, 3.8) is 0 Å². The van der Waals surface area contributed by atoms with Crippen molar-refractivity contribution in [1.29, 1.82) is 0 Å². The fourth-order valence-corrected chi connectivity index (χ4v) is 3.25. The van der Waals surface area contributed by atoms with Gasteiger partial charge in [-0.15, -0.1) is 0 Å². The van der Waals surface area contributed by atoms with Crippen LogP contribution in [-0.4, -0.2) is 6.18 Å². The fraction of sp³-hybridized carbons (Fsp3) is 0.300. The Morgan fingerprint density at radius 2 is 1.76 bits per heavy atom. The maximum Gasteiger partial charge on any atom is 0.399 e. The van der Waals surface area contributed by atoms with E-state index in [4.69, 9.17) is 11.5 Å². The standard InChI is InChI=1S/C20H21F3N2/c1-12-3-4-13(2)17(9-12)14-5-6-16(15(10-14)11-24)18(25)19(7-8-19)20(21,22)23/h3-6,9-11H,7-8,24-25H2,1-2H3/b15-11-,18-16?. The Labute approximate surface area is 144 Å². The Morgan fingerprint density at radius 3 is 2.32 bits per heavy atom. The van der Waals surface area contributed by atoms with Crippen LogP contribution < -0.4 is 21.9 Å². The average molecular weight is 346 g/mol. The predicted octanol–water partition coefficient (Wildman–Crippen LogP) is 3.08. The normalized spacial score (nSPS) is 18.2. The zero-order chi connectivity index (χ0) is 18.4. The third-order valence-corrected chi connectivity index (χ3v) is 5.03. The number of rotatable bonds is 2. The number of aryl methyl sites for hydroxylation is 2. The van der Waals surface area contributed by atoms with Gasteiger partial charge in [0, 0.05) is 17.1 Å². The number of alkyl halides is 3. The van der Waals surface area contributed by atoms with Crippen molar-refractivity contribution in [1.82, 2.24) is 0 Å². The van der Waals surface area contributed by atoms with E-state index in [2.05, 4.69) is 6.07 Å². The van der Waals surface area contributed by atoms with Crippen LogP contribution in [0.2, 0.25) is 0 Å². The van der Waals surface area contributed by atoms with Crippen LogP contribution in [0, 0.1) is 19.3 Å². The van der Waals surface area contributed by atoms with Crippen molar-refractivity contribution >= 4 is 11.9 Å². The molecule has 0 unspecified atom stereocenters. The lowest BCUT2D eigenvalue weighted by atomic mass is 9.95. The Morgan fingerprint density at radius 1 is 1.08 bits per heavy atom. The van der Waals surface area contributed by atoms with Crippen molar-refractivity contribution in [3.05, 3.63) is 58.0 Å². The molecule has 4 N–H and O–H groups in total. The van der Waals surface area contributed by atoms with Gasteiger partial charge in [0.05, 0.1) is 0 Å². The molecule has 0 spiro atoms. The summed E-state index contributed by atoms with van der Waals surface area (Å²) < 4.78 is 40.1. The van der Waals surface area contributed by atoms with Crippen LogP contribution in [0.25, 0.3) is 23.0 Å². The van der Waals surface area contributed by atoms with Crippen LogP contribution in [0.5, 0.6) is 0 Å². The zero-order valence-electron chi connectivity index (χ0n) is 14.2. The molecular weight excluding hydrogens is 325 g/mol. The van der Waals surface area contributed by atoms with Gasteiger partial charge in [0.15, 0.2) is 0 Å². The Kier molecular flexibility index (Phi) is 4.06. The van der Waals surface area contributed by atoms with Gasteiger partial charge in [-0.3, -0.25) is 0 Å². The molecule has 0 atom stereocenters. The molecule has 2 aromatic carbocycles. The van der Waals surface area contributed by atoms with Gasteiger partial charge in [-0.25, -0.2) is 0 Å². The van der Waals surface area contributed by atoms with Gasteiger partial charge < -0.3 is 11.5 Å². The first-order valence-electron chi connectivity index (χ1n) is 8.16. The third kappa shape index (κ3) is 2.88. The summed E-state index contributed by atoms with van der Waals surface area (Å²) in [6.07, 6.45) is -2.95. The molecule has 0 radical (unpaired) electrons. The second kappa shape index (κ2) is 5.83. The predicted molar refractivity (Wildman–Crippen MR) is 94.6 cm³/mol. The van der Waals surface area contributed by atoms with E-state index in [1.165, 1.54) is 6.20 Å². The van der Waals surface area contributed by atoms with Crippen LogP contribution in [0.4, 0.5) is 13.2 Å². The minimum atomic E-state index is -4.34. The number of hydrogen-bond acceptors (Lipinski definition) is 2. The van der Waals surface area contributed by atoms with Gasteiger partial charge in [0.2, 0.25) is 0 Å². The van der Waals surface area contributed by atoms with E-state index in [9.17, 15) is 13.2 Å². The molecule has 1 fully saturated rings. The van der Waals surface area contributed by atoms with E-state index < -0.39 is 11.6 Å². The van der Waals surface area contributed by atoms with E-state index in [1.807, 2.05) is 32.0 Å². The molecule has 0 heterocycles. The van der Waals surface area contributed by atoms with Crippen LogP contribution in [0.15, 0.2) is 36.4 Å². The first-order valence-corrected chi connectivity index (χ1v) is 8.16. The first kappa shape index (κ1) is 17.4. The fourth-order valence-electron chi connectivity index (χ4n) is 3.25. The number of nitrogens with two attached hydrogens (primary N) is 2. The number of hydrogen-bond donors (Lipinski definition) is 2. The quantitative estimate of drug-likeness (QED) is 0.878. The Hall–Kier alpha value is -2.43. The molecule has 25 heavy (non-hydrogen) atoms. The van der Waals surface area contributed by atoms with Gasteiger partial charge in [-0.05, 0) is 54.7 Å². The van der Waals surface area contributed by atoms with Crippen molar-refractivity contribution in [2.24, 2.45) is 16.9 Å². The van der Waals surface area contributed by atoms with Gasteiger partial charge in [0.25, 0.3) is 0 Å². The minimum Gasteiger partial charge on any atom is -0.404 e. The second-order valence-electron chi connectivity index (χ2n) is 6.78. The average Bonchev–Trinajstić information content (AvgIpc) is 3.37. The summed E-state index contributed by atoms with van der Waals surface area (Å²) >= 11 is 0. The van der Waals surface area contributed by atoms with Crippen LogP contribution in [0.1, 0.15) is 24.0 Å². The highest BCUT2D eigenvalue weighted by Crippen LogP contribution is 2.61. The third-order valence-electron chi connectivity index (χ3n) is 5.03. The highest BCUT2D eigenvalue weighted by molar-refractivity contribution is 5.69. The largest absolute Gasteiger partial charge is 0.404 e. The van der Waals surface area contributed by atoms with Crippen LogP contribution >= 0.6 is 0 Å². The molecular formula is C20H21F3N2. The molecule has 2 aromatic rings. The highest BCUT2D eigenvalue weighted by Gasteiger charge is 2.65. The van der Waals surface area contributed by atoms with E-state index in [0.717, 1.165) is 22.3 Å². The molecule has 1 aliphatic carbocycles. The van der Waals surface area contributed by atoms with Crippen molar-refractivity contribution in [2.45, 2.75) is 32.9 Å². The Bertz CT molecular complexity index is 938. The number of benzene rings is 2.